The number of fused-ring (bicyclic) bond motifs is 1. The van der Waals surface area contributed by atoms with Crippen molar-refractivity contribution in [2.45, 2.75) is 0 Å². The van der Waals surface area contributed by atoms with Crippen LogP contribution in [-0.4, -0.2) is 25.5 Å². The molecule has 128 valence electrons. The van der Waals surface area contributed by atoms with Crippen molar-refractivity contribution in [3.63, 3.8) is 0 Å². The summed E-state index contributed by atoms with van der Waals surface area (Å²) in [7, 11) is 1.49. The first-order chi connectivity index (χ1) is 12.0. The van der Waals surface area contributed by atoms with Gasteiger partial charge in [0, 0.05) is 21.8 Å². The van der Waals surface area contributed by atoms with E-state index in [2.05, 4.69) is 5.32 Å². The number of primary amides is 1. The maximum Gasteiger partial charge on any atom is 0.256 e. The fourth-order valence-corrected chi connectivity index (χ4v) is 2.69. The Hall–Kier alpha value is -2.99. The van der Waals surface area contributed by atoms with Crippen LogP contribution in [0.2, 0.25) is 5.02 Å². The minimum atomic E-state index is -0.593. The van der Waals surface area contributed by atoms with E-state index in [0.717, 1.165) is 5.56 Å². The van der Waals surface area contributed by atoms with Gasteiger partial charge in [0.1, 0.15) is 0 Å². The van der Waals surface area contributed by atoms with Gasteiger partial charge in [-0.05, 0) is 42.0 Å². The van der Waals surface area contributed by atoms with Gasteiger partial charge in [-0.2, -0.15) is 0 Å². The van der Waals surface area contributed by atoms with Crippen LogP contribution in [0.1, 0.15) is 11.1 Å². The average Bonchev–Trinajstić information content (AvgIpc) is 2.88. The molecule has 3 N–H and O–H groups in total. The summed E-state index contributed by atoms with van der Waals surface area (Å²) < 4.78 is 10.6. The van der Waals surface area contributed by atoms with Gasteiger partial charge in [-0.1, -0.05) is 17.7 Å². The first kappa shape index (κ1) is 16.9. The fourth-order valence-electron chi connectivity index (χ4n) is 2.51. The number of hydrogen-bond donors (Lipinski definition) is 2. The maximum atomic E-state index is 12.2. The van der Waals surface area contributed by atoms with Gasteiger partial charge in [0.2, 0.25) is 0 Å². The third-order valence-electron chi connectivity index (χ3n) is 3.63. The molecule has 0 aromatic heterocycles. The molecule has 0 aliphatic carbocycles. The molecular weight excluding hydrogens is 344 g/mol. The Morgan fingerprint density at radius 1 is 1.24 bits per heavy atom. The Bertz CT molecular complexity index is 893. The van der Waals surface area contributed by atoms with Crippen LogP contribution in [0.5, 0.6) is 11.5 Å². The molecule has 0 bridgehead atoms. The van der Waals surface area contributed by atoms with E-state index in [1.165, 1.54) is 7.11 Å². The fraction of sp³-hybridized carbons (Fsp3) is 0.111. The van der Waals surface area contributed by atoms with Gasteiger partial charge in [-0.15, -0.1) is 0 Å². The number of amides is 2. The van der Waals surface area contributed by atoms with Crippen LogP contribution >= 0.6 is 11.6 Å². The summed E-state index contributed by atoms with van der Waals surface area (Å²) >= 11 is 6.03. The van der Waals surface area contributed by atoms with Gasteiger partial charge >= 0.3 is 0 Å². The number of nitrogens with one attached hydrogen (secondary N) is 1. The molecule has 0 unspecified atom stereocenters. The van der Waals surface area contributed by atoms with Crippen LogP contribution in [-0.2, 0) is 9.59 Å². The molecule has 3 rings (SSSR count). The molecule has 2 aromatic carbocycles. The number of carbonyl (C=O) groups is 2. The predicted octanol–water partition coefficient (Wildman–Crippen LogP) is 2.71. The molecule has 2 amide bonds. The second-order valence-electron chi connectivity index (χ2n) is 5.37. The largest absolute Gasteiger partial charge is 0.493 e. The summed E-state index contributed by atoms with van der Waals surface area (Å²) in [5, 5.41) is 3.33. The summed E-state index contributed by atoms with van der Waals surface area (Å²) in [5.74, 6) is 0.0142. The molecular formula is C18H15ClN2O4. The molecule has 25 heavy (non-hydrogen) atoms. The zero-order valence-corrected chi connectivity index (χ0v) is 14.1. The highest BCUT2D eigenvalue weighted by molar-refractivity contribution is 6.36. The minimum Gasteiger partial charge on any atom is -0.493 e. The van der Waals surface area contributed by atoms with E-state index in [-0.39, 0.29) is 12.5 Å². The molecule has 1 heterocycles. The Morgan fingerprint density at radius 2 is 2.04 bits per heavy atom. The van der Waals surface area contributed by atoms with E-state index in [0.29, 0.717) is 33.3 Å². The van der Waals surface area contributed by atoms with Gasteiger partial charge in [-0.25, -0.2) is 0 Å². The van der Waals surface area contributed by atoms with Crippen molar-refractivity contribution in [2.75, 3.05) is 19.0 Å². The highest BCUT2D eigenvalue weighted by Gasteiger charge is 2.24. The second kappa shape index (κ2) is 6.86. The molecule has 1 aliphatic heterocycles. The van der Waals surface area contributed by atoms with Crippen LogP contribution in [0.25, 0.3) is 11.6 Å². The van der Waals surface area contributed by atoms with Crippen LogP contribution in [0, 0.1) is 0 Å². The lowest BCUT2D eigenvalue weighted by molar-refractivity contribution is -0.120. The molecule has 0 radical (unpaired) electrons. The number of halogens is 1. The highest BCUT2D eigenvalue weighted by atomic mass is 35.5. The Balaban J connectivity index is 1.99. The van der Waals surface area contributed by atoms with E-state index in [4.69, 9.17) is 26.8 Å². The molecule has 0 saturated heterocycles. The number of rotatable bonds is 5. The van der Waals surface area contributed by atoms with Crippen LogP contribution in [0.15, 0.2) is 36.4 Å². The quantitative estimate of drug-likeness (QED) is 0.804. The monoisotopic (exact) mass is 358 g/mol. The topological polar surface area (TPSA) is 90.7 Å². The second-order valence-corrected chi connectivity index (χ2v) is 5.80. The Kier molecular flexibility index (Phi) is 4.63. The van der Waals surface area contributed by atoms with Crippen molar-refractivity contribution in [3.8, 4) is 11.5 Å². The molecule has 0 spiro atoms. The standard InChI is InChI=1S/C18H15ClN2O4/c1-24-15-5-2-10(7-16(15)25-9-17(20)22)6-13-12-8-11(19)3-4-14(12)21-18(13)23/h2-8H,9H2,1H3,(H2,20,22)(H,21,23). The van der Waals surface area contributed by atoms with Crippen molar-refractivity contribution in [1.29, 1.82) is 0 Å². The molecule has 0 saturated carbocycles. The summed E-state index contributed by atoms with van der Waals surface area (Å²) in [6.07, 6.45) is 1.72. The van der Waals surface area contributed by atoms with Crippen LogP contribution < -0.4 is 20.5 Å². The lowest BCUT2D eigenvalue weighted by Crippen LogP contribution is -2.20. The van der Waals surface area contributed by atoms with E-state index in [9.17, 15) is 9.59 Å². The number of nitrogens with two attached hydrogens (primary N) is 1. The molecule has 1 aliphatic rings. The van der Waals surface area contributed by atoms with Crippen LogP contribution in [0.4, 0.5) is 5.69 Å². The van der Waals surface area contributed by atoms with Gasteiger partial charge in [-0.3, -0.25) is 9.59 Å². The van der Waals surface area contributed by atoms with Crippen LogP contribution in [0.3, 0.4) is 0 Å². The molecule has 0 atom stereocenters. The smallest absolute Gasteiger partial charge is 0.256 e. The third kappa shape index (κ3) is 3.59. The van der Waals surface area contributed by atoms with Gasteiger partial charge in [0.15, 0.2) is 18.1 Å². The first-order valence-corrected chi connectivity index (χ1v) is 7.78. The lowest BCUT2D eigenvalue weighted by Gasteiger charge is -2.10. The normalized spacial score (nSPS) is 14.2. The van der Waals surface area contributed by atoms with E-state index in [1.54, 1.807) is 42.5 Å². The summed E-state index contributed by atoms with van der Waals surface area (Å²) in [5.41, 5.74) is 7.74. The summed E-state index contributed by atoms with van der Waals surface area (Å²) in [6.45, 7) is -0.269. The number of ether oxygens (including phenoxy) is 2. The zero-order chi connectivity index (χ0) is 18.0. The minimum absolute atomic E-state index is 0.215. The van der Waals surface area contributed by atoms with E-state index < -0.39 is 5.91 Å². The number of hydrogen-bond acceptors (Lipinski definition) is 4. The molecule has 2 aromatic rings. The number of methoxy groups -OCH3 is 1. The summed E-state index contributed by atoms with van der Waals surface area (Å²) in [6, 6.07) is 10.3. The number of anilines is 1. The Morgan fingerprint density at radius 3 is 2.76 bits per heavy atom. The van der Waals surface area contributed by atoms with Crippen molar-refractivity contribution in [1.82, 2.24) is 0 Å². The SMILES string of the molecule is COc1ccc(C=C2C(=O)Nc3ccc(Cl)cc32)cc1OCC(N)=O. The van der Waals surface area contributed by atoms with Gasteiger partial charge in [0.25, 0.3) is 11.8 Å². The molecule has 6 nitrogen and oxygen atoms in total. The predicted molar refractivity (Wildman–Crippen MR) is 95.6 cm³/mol. The van der Waals surface area contributed by atoms with Crippen molar-refractivity contribution in [2.24, 2.45) is 5.73 Å². The maximum absolute atomic E-state index is 12.2. The van der Waals surface area contributed by atoms with Crippen molar-refractivity contribution < 1.29 is 19.1 Å². The summed E-state index contributed by atoms with van der Waals surface area (Å²) in [4.78, 5) is 23.2. The third-order valence-corrected chi connectivity index (χ3v) is 3.87. The molecule has 7 heteroatoms. The Labute approximate surface area is 149 Å². The lowest BCUT2D eigenvalue weighted by atomic mass is 10.0. The number of carbonyl (C=O) groups excluding carboxylic acids is 2. The highest BCUT2D eigenvalue weighted by Crippen LogP contribution is 2.36. The average molecular weight is 359 g/mol. The zero-order valence-electron chi connectivity index (χ0n) is 13.3. The first-order valence-electron chi connectivity index (χ1n) is 7.40. The van der Waals surface area contributed by atoms with E-state index in [1.807, 2.05) is 0 Å². The van der Waals surface area contributed by atoms with Crippen molar-refractivity contribution in [3.05, 3.63) is 52.5 Å². The van der Waals surface area contributed by atoms with Crippen molar-refractivity contribution >= 4 is 40.8 Å². The van der Waals surface area contributed by atoms with E-state index >= 15 is 0 Å². The van der Waals surface area contributed by atoms with Gasteiger partial charge in [0.05, 0.1) is 7.11 Å². The number of benzene rings is 2. The molecule has 0 fully saturated rings. The van der Waals surface area contributed by atoms with Gasteiger partial charge < -0.3 is 20.5 Å².